The molecule has 0 saturated heterocycles. The van der Waals surface area contributed by atoms with Crippen molar-refractivity contribution in [3.8, 4) is 11.8 Å². The first-order valence-corrected chi connectivity index (χ1v) is 6.27. The zero-order chi connectivity index (χ0) is 12.8. The van der Waals surface area contributed by atoms with E-state index in [4.69, 9.17) is 15.2 Å². The quantitative estimate of drug-likeness (QED) is 0.418. The van der Waals surface area contributed by atoms with Gasteiger partial charge in [0, 0.05) is 19.8 Å². The Balaban J connectivity index is 3.05. The predicted octanol–water partition coefficient (Wildman–Crippen LogP) is 0.923. The summed E-state index contributed by atoms with van der Waals surface area (Å²) in [6, 6.07) is 0. The van der Waals surface area contributed by atoms with E-state index in [9.17, 15) is 5.11 Å². The van der Waals surface area contributed by atoms with E-state index in [1.807, 2.05) is 0 Å². The second-order valence-corrected chi connectivity index (χ2v) is 3.80. The molecule has 0 saturated carbocycles. The molecule has 0 aliphatic carbocycles. The first kappa shape index (κ1) is 16.4. The van der Waals surface area contributed by atoms with Gasteiger partial charge in [0.1, 0.15) is 6.10 Å². The molecule has 0 aromatic heterocycles. The zero-order valence-electron chi connectivity index (χ0n) is 10.8. The first-order valence-electron chi connectivity index (χ1n) is 6.27. The number of aliphatic hydroxyl groups excluding tert-OH is 1. The van der Waals surface area contributed by atoms with Crippen LogP contribution in [0, 0.1) is 11.8 Å². The van der Waals surface area contributed by atoms with Crippen LogP contribution in [0.5, 0.6) is 0 Å². The van der Waals surface area contributed by atoms with Crippen molar-refractivity contribution in [3.05, 3.63) is 0 Å². The highest BCUT2D eigenvalue weighted by atomic mass is 16.5. The normalized spacial score (nSPS) is 11.9. The minimum atomic E-state index is -0.653. The van der Waals surface area contributed by atoms with Gasteiger partial charge in [0.05, 0.1) is 6.61 Å². The molecule has 0 radical (unpaired) electrons. The van der Waals surface area contributed by atoms with E-state index in [1.165, 1.54) is 0 Å². The third-order valence-corrected chi connectivity index (χ3v) is 2.16. The van der Waals surface area contributed by atoms with Crippen molar-refractivity contribution in [3.63, 3.8) is 0 Å². The predicted molar refractivity (Wildman–Crippen MR) is 68.6 cm³/mol. The molecule has 0 aromatic rings. The summed E-state index contributed by atoms with van der Waals surface area (Å²) < 4.78 is 10.7. The van der Waals surface area contributed by atoms with Crippen molar-refractivity contribution in [1.29, 1.82) is 0 Å². The molecule has 0 aliphatic heterocycles. The molecule has 0 aromatic carbocycles. The van der Waals surface area contributed by atoms with Crippen LogP contribution in [0.1, 0.15) is 32.6 Å². The van der Waals surface area contributed by atoms with Crippen molar-refractivity contribution < 1.29 is 14.6 Å². The molecule has 0 fully saturated rings. The maximum Gasteiger partial charge on any atom is 0.137 e. The van der Waals surface area contributed by atoms with E-state index < -0.39 is 6.10 Å². The molecule has 0 heterocycles. The van der Waals surface area contributed by atoms with Gasteiger partial charge in [0.25, 0.3) is 0 Å². The molecule has 0 aliphatic rings. The Morgan fingerprint density at radius 1 is 1.06 bits per heavy atom. The smallest absolute Gasteiger partial charge is 0.137 e. The minimum Gasteiger partial charge on any atom is -0.381 e. The SMILES string of the molecule is CC#CC(O)COCCCCCOCCCN. The second-order valence-electron chi connectivity index (χ2n) is 3.80. The highest BCUT2D eigenvalue weighted by Gasteiger charge is 1.98. The maximum absolute atomic E-state index is 9.24. The topological polar surface area (TPSA) is 64.7 Å². The Hall–Kier alpha value is -0.600. The summed E-state index contributed by atoms with van der Waals surface area (Å²) in [5.74, 6) is 5.27. The van der Waals surface area contributed by atoms with E-state index in [0.29, 0.717) is 19.8 Å². The van der Waals surface area contributed by atoms with Crippen molar-refractivity contribution in [2.24, 2.45) is 5.73 Å². The molecular weight excluding hydrogens is 218 g/mol. The molecule has 4 nitrogen and oxygen atoms in total. The van der Waals surface area contributed by atoms with Gasteiger partial charge in [-0.3, -0.25) is 0 Å². The van der Waals surface area contributed by atoms with Gasteiger partial charge in [-0.25, -0.2) is 0 Å². The summed E-state index contributed by atoms with van der Waals surface area (Å²) in [4.78, 5) is 0. The van der Waals surface area contributed by atoms with Crippen LogP contribution >= 0.6 is 0 Å². The van der Waals surface area contributed by atoms with Crippen LogP contribution in [0.25, 0.3) is 0 Å². The standard InChI is InChI=1S/C13H25NO3/c1-2-7-13(15)12-17-10-5-3-4-9-16-11-6-8-14/h13,15H,3-6,8-12,14H2,1H3. The van der Waals surface area contributed by atoms with E-state index >= 15 is 0 Å². The van der Waals surface area contributed by atoms with Gasteiger partial charge < -0.3 is 20.3 Å². The van der Waals surface area contributed by atoms with Crippen molar-refractivity contribution in [2.45, 2.75) is 38.7 Å². The lowest BCUT2D eigenvalue weighted by Gasteiger charge is -2.06. The van der Waals surface area contributed by atoms with Gasteiger partial charge in [0.2, 0.25) is 0 Å². The Morgan fingerprint density at radius 3 is 2.35 bits per heavy atom. The molecule has 0 rings (SSSR count). The third-order valence-electron chi connectivity index (χ3n) is 2.16. The van der Waals surface area contributed by atoms with Crippen LogP contribution in [-0.4, -0.2) is 44.2 Å². The van der Waals surface area contributed by atoms with Crippen molar-refractivity contribution in [1.82, 2.24) is 0 Å². The summed E-state index contributed by atoms with van der Waals surface area (Å²) in [7, 11) is 0. The zero-order valence-corrected chi connectivity index (χ0v) is 10.8. The molecular formula is C13H25NO3. The first-order chi connectivity index (χ1) is 8.31. The van der Waals surface area contributed by atoms with Crippen LogP contribution in [0.15, 0.2) is 0 Å². The van der Waals surface area contributed by atoms with E-state index in [0.717, 1.165) is 38.9 Å². The average Bonchev–Trinajstić information content (AvgIpc) is 2.32. The molecule has 3 N–H and O–H groups in total. The summed E-state index contributed by atoms with van der Waals surface area (Å²) in [5, 5.41) is 9.24. The number of unbranched alkanes of at least 4 members (excludes halogenated alkanes) is 2. The monoisotopic (exact) mass is 243 g/mol. The van der Waals surface area contributed by atoms with Gasteiger partial charge in [-0.15, -0.1) is 5.92 Å². The van der Waals surface area contributed by atoms with E-state index in [-0.39, 0.29) is 0 Å². The molecule has 0 spiro atoms. The molecule has 1 atom stereocenters. The Labute approximate surface area is 104 Å². The number of hydrogen-bond donors (Lipinski definition) is 2. The number of ether oxygens (including phenoxy) is 2. The van der Waals surface area contributed by atoms with Crippen LogP contribution in [0.4, 0.5) is 0 Å². The molecule has 0 bridgehead atoms. The van der Waals surface area contributed by atoms with Crippen LogP contribution in [0.2, 0.25) is 0 Å². The molecule has 0 amide bonds. The van der Waals surface area contributed by atoms with Gasteiger partial charge in [-0.2, -0.15) is 0 Å². The van der Waals surface area contributed by atoms with Gasteiger partial charge in [0.15, 0.2) is 0 Å². The lowest BCUT2D eigenvalue weighted by molar-refractivity contribution is 0.0601. The average molecular weight is 243 g/mol. The fraction of sp³-hybridized carbons (Fsp3) is 0.846. The molecule has 1 unspecified atom stereocenters. The summed E-state index contributed by atoms with van der Waals surface area (Å²) in [6.45, 7) is 4.92. The number of hydrogen-bond acceptors (Lipinski definition) is 4. The Morgan fingerprint density at radius 2 is 1.71 bits per heavy atom. The van der Waals surface area contributed by atoms with Crippen LogP contribution < -0.4 is 5.73 Å². The van der Waals surface area contributed by atoms with Gasteiger partial charge in [-0.05, 0) is 39.2 Å². The summed E-state index contributed by atoms with van der Waals surface area (Å²) in [6.07, 6.45) is 3.40. The Kier molecular flexibility index (Phi) is 13.0. The van der Waals surface area contributed by atoms with E-state index in [1.54, 1.807) is 6.92 Å². The minimum absolute atomic E-state index is 0.299. The Bertz CT molecular complexity index is 210. The molecule has 17 heavy (non-hydrogen) atoms. The largest absolute Gasteiger partial charge is 0.381 e. The van der Waals surface area contributed by atoms with E-state index in [2.05, 4.69) is 11.8 Å². The number of rotatable bonds is 11. The van der Waals surface area contributed by atoms with Crippen LogP contribution in [-0.2, 0) is 9.47 Å². The highest BCUT2D eigenvalue weighted by Crippen LogP contribution is 1.97. The number of nitrogens with two attached hydrogens (primary N) is 1. The second kappa shape index (κ2) is 13.5. The third kappa shape index (κ3) is 13.3. The maximum atomic E-state index is 9.24. The van der Waals surface area contributed by atoms with Crippen LogP contribution in [0.3, 0.4) is 0 Å². The number of aliphatic hydroxyl groups is 1. The summed E-state index contributed by atoms with van der Waals surface area (Å²) >= 11 is 0. The van der Waals surface area contributed by atoms with Gasteiger partial charge >= 0.3 is 0 Å². The fourth-order valence-corrected chi connectivity index (χ4v) is 1.28. The summed E-state index contributed by atoms with van der Waals surface area (Å²) in [5.41, 5.74) is 5.34. The lowest BCUT2D eigenvalue weighted by atomic mass is 10.2. The fourth-order valence-electron chi connectivity index (χ4n) is 1.28. The molecule has 4 heteroatoms. The van der Waals surface area contributed by atoms with Gasteiger partial charge in [-0.1, -0.05) is 5.92 Å². The lowest BCUT2D eigenvalue weighted by Crippen LogP contribution is -2.13. The van der Waals surface area contributed by atoms with Crippen molar-refractivity contribution in [2.75, 3.05) is 33.0 Å². The highest BCUT2D eigenvalue weighted by molar-refractivity contribution is 5.01. The molecule has 100 valence electrons. The van der Waals surface area contributed by atoms with Crippen molar-refractivity contribution >= 4 is 0 Å².